The van der Waals surface area contributed by atoms with Gasteiger partial charge in [0.15, 0.2) is 0 Å². The largest absolute Gasteiger partial charge is 0.315 e. The molecule has 2 rings (SSSR count). The van der Waals surface area contributed by atoms with E-state index in [2.05, 4.69) is 59.5 Å². The Kier molecular flexibility index (Phi) is 6.51. The lowest BCUT2D eigenvalue weighted by Gasteiger charge is -2.30. The lowest BCUT2D eigenvalue weighted by Crippen LogP contribution is -2.42. The van der Waals surface area contributed by atoms with Crippen molar-refractivity contribution in [3.63, 3.8) is 0 Å². The van der Waals surface area contributed by atoms with Crippen LogP contribution in [0, 0.1) is 0 Å². The first-order chi connectivity index (χ1) is 9.75. The van der Waals surface area contributed by atoms with Gasteiger partial charge in [0.25, 0.3) is 0 Å². The molecular weight excluding hydrogens is 246 g/mol. The molecular formula is C17H29N3. The molecule has 112 valence electrons. The molecule has 1 fully saturated rings. The summed E-state index contributed by atoms with van der Waals surface area (Å²) in [6.07, 6.45) is 3.70. The van der Waals surface area contributed by atoms with E-state index in [1.165, 1.54) is 38.0 Å². The molecule has 1 aliphatic rings. The van der Waals surface area contributed by atoms with Crippen LogP contribution in [0.25, 0.3) is 0 Å². The smallest absolute Gasteiger partial charge is 0.0261 e. The molecule has 1 N–H and O–H groups in total. The number of hydrogen-bond donors (Lipinski definition) is 1. The highest BCUT2D eigenvalue weighted by Gasteiger charge is 2.20. The molecule has 0 aromatic heterocycles. The normalized spacial score (nSPS) is 21.1. The summed E-state index contributed by atoms with van der Waals surface area (Å²) >= 11 is 0. The first kappa shape index (κ1) is 15.5. The second-order valence-electron chi connectivity index (χ2n) is 6.09. The summed E-state index contributed by atoms with van der Waals surface area (Å²) in [5, 5.41) is 3.59. The van der Waals surface area contributed by atoms with Crippen molar-refractivity contribution >= 4 is 0 Å². The predicted octanol–water partition coefficient (Wildman–Crippen LogP) is 1.84. The van der Waals surface area contributed by atoms with Crippen LogP contribution >= 0.6 is 0 Å². The maximum atomic E-state index is 3.59. The van der Waals surface area contributed by atoms with Crippen LogP contribution in [0.3, 0.4) is 0 Å². The Morgan fingerprint density at radius 3 is 2.80 bits per heavy atom. The summed E-state index contributed by atoms with van der Waals surface area (Å²) in [7, 11) is 4.32. The molecule has 1 saturated heterocycles. The summed E-state index contributed by atoms with van der Waals surface area (Å²) in [5.41, 5.74) is 1.46. The highest BCUT2D eigenvalue weighted by molar-refractivity contribution is 5.16. The zero-order chi connectivity index (χ0) is 14.2. The molecule has 1 aromatic rings. The van der Waals surface area contributed by atoms with E-state index >= 15 is 0 Å². The van der Waals surface area contributed by atoms with Crippen LogP contribution in [0.15, 0.2) is 30.3 Å². The van der Waals surface area contributed by atoms with Gasteiger partial charge in [-0.2, -0.15) is 0 Å². The van der Waals surface area contributed by atoms with Crippen LogP contribution in [-0.4, -0.2) is 62.7 Å². The van der Waals surface area contributed by atoms with Crippen molar-refractivity contribution in [2.24, 2.45) is 0 Å². The predicted molar refractivity (Wildman–Crippen MR) is 86.2 cm³/mol. The van der Waals surface area contributed by atoms with Crippen LogP contribution in [0.4, 0.5) is 0 Å². The van der Waals surface area contributed by atoms with E-state index in [0.29, 0.717) is 6.04 Å². The monoisotopic (exact) mass is 275 g/mol. The molecule has 1 atom stereocenters. The Hall–Kier alpha value is -0.900. The van der Waals surface area contributed by atoms with E-state index in [1.807, 2.05) is 0 Å². The quantitative estimate of drug-likeness (QED) is 0.855. The number of nitrogens with zero attached hydrogens (tertiary/aromatic N) is 2. The molecule has 3 nitrogen and oxygen atoms in total. The van der Waals surface area contributed by atoms with Gasteiger partial charge in [-0.25, -0.2) is 0 Å². The van der Waals surface area contributed by atoms with E-state index in [9.17, 15) is 0 Å². The Bertz CT molecular complexity index is 364. The minimum atomic E-state index is 0.641. The van der Waals surface area contributed by atoms with Gasteiger partial charge >= 0.3 is 0 Å². The summed E-state index contributed by atoms with van der Waals surface area (Å²) in [4.78, 5) is 4.97. The Labute approximate surface area is 124 Å². The molecule has 1 heterocycles. The van der Waals surface area contributed by atoms with Crippen LogP contribution < -0.4 is 5.32 Å². The SMILES string of the molecule is CN(C)CCCN1CCCNCC1Cc1ccccc1. The first-order valence-corrected chi connectivity index (χ1v) is 7.89. The van der Waals surface area contributed by atoms with Gasteiger partial charge < -0.3 is 10.2 Å². The number of benzene rings is 1. The first-order valence-electron chi connectivity index (χ1n) is 7.89. The van der Waals surface area contributed by atoms with Crippen molar-refractivity contribution in [1.82, 2.24) is 15.1 Å². The Morgan fingerprint density at radius 2 is 2.05 bits per heavy atom. The minimum absolute atomic E-state index is 0.641. The van der Waals surface area contributed by atoms with Gasteiger partial charge in [0.1, 0.15) is 0 Å². The minimum Gasteiger partial charge on any atom is -0.315 e. The molecule has 0 spiro atoms. The summed E-state index contributed by atoms with van der Waals surface area (Å²) < 4.78 is 0. The molecule has 0 aliphatic carbocycles. The standard InChI is InChI=1S/C17H29N3/c1-19(2)11-7-13-20-12-6-10-18-15-17(20)14-16-8-4-3-5-9-16/h3-5,8-9,17-18H,6-7,10-15H2,1-2H3. The van der Waals surface area contributed by atoms with E-state index in [1.54, 1.807) is 0 Å². The topological polar surface area (TPSA) is 18.5 Å². The van der Waals surface area contributed by atoms with E-state index in [-0.39, 0.29) is 0 Å². The molecule has 0 saturated carbocycles. The second kappa shape index (κ2) is 8.40. The number of nitrogens with one attached hydrogen (secondary N) is 1. The zero-order valence-electron chi connectivity index (χ0n) is 13.0. The van der Waals surface area contributed by atoms with Crippen molar-refractivity contribution in [3.05, 3.63) is 35.9 Å². The van der Waals surface area contributed by atoms with Crippen molar-refractivity contribution in [2.75, 3.05) is 46.8 Å². The van der Waals surface area contributed by atoms with Crippen molar-refractivity contribution in [2.45, 2.75) is 25.3 Å². The van der Waals surface area contributed by atoms with E-state index in [4.69, 9.17) is 0 Å². The van der Waals surface area contributed by atoms with Gasteiger partial charge in [0, 0.05) is 12.6 Å². The fourth-order valence-corrected chi connectivity index (χ4v) is 2.96. The fraction of sp³-hybridized carbons (Fsp3) is 0.647. The molecule has 20 heavy (non-hydrogen) atoms. The van der Waals surface area contributed by atoms with Crippen LogP contribution in [-0.2, 0) is 6.42 Å². The third-order valence-electron chi connectivity index (χ3n) is 4.06. The highest BCUT2D eigenvalue weighted by atomic mass is 15.2. The van der Waals surface area contributed by atoms with Crippen molar-refractivity contribution in [3.8, 4) is 0 Å². The fourth-order valence-electron chi connectivity index (χ4n) is 2.96. The molecule has 0 radical (unpaired) electrons. The Morgan fingerprint density at radius 1 is 1.25 bits per heavy atom. The van der Waals surface area contributed by atoms with Crippen molar-refractivity contribution < 1.29 is 0 Å². The maximum Gasteiger partial charge on any atom is 0.0261 e. The molecule has 1 unspecified atom stereocenters. The average molecular weight is 275 g/mol. The number of rotatable bonds is 6. The van der Waals surface area contributed by atoms with Gasteiger partial charge in [-0.1, -0.05) is 30.3 Å². The van der Waals surface area contributed by atoms with Crippen LogP contribution in [0.1, 0.15) is 18.4 Å². The van der Waals surface area contributed by atoms with Crippen LogP contribution in [0.5, 0.6) is 0 Å². The summed E-state index contributed by atoms with van der Waals surface area (Å²) in [6, 6.07) is 11.5. The number of hydrogen-bond acceptors (Lipinski definition) is 3. The third-order valence-corrected chi connectivity index (χ3v) is 4.06. The lowest BCUT2D eigenvalue weighted by atomic mass is 10.0. The van der Waals surface area contributed by atoms with Gasteiger partial charge in [-0.05, 0) is 65.1 Å². The van der Waals surface area contributed by atoms with Gasteiger partial charge in [-0.3, -0.25) is 4.90 Å². The van der Waals surface area contributed by atoms with E-state index in [0.717, 1.165) is 19.5 Å². The van der Waals surface area contributed by atoms with Gasteiger partial charge in [0.05, 0.1) is 0 Å². The zero-order valence-corrected chi connectivity index (χ0v) is 13.0. The van der Waals surface area contributed by atoms with Crippen LogP contribution in [0.2, 0.25) is 0 Å². The van der Waals surface area contributed by atoms with Gasteiger partial charge in [-0.15, -0.1) is 0 Å². The van der Waals surface area contributed by atoms with E-state index < -0.39 is 0 Å². The molecule has 1 aromatic carbocycles. The molecule has 0 amide bonds. The summed E-state index contributed by atoms with van der Waals surface area (Å²) in [6.45, 7) is 5.92. The lowest BCUT2D eigenvalue weighted by molar-refractivity contribution is 0.197. The molecule has 0 bridgehead atoms. The second-order valence-corrected chi connectivity index (χ2v) is 6.09. The van der Waals surface area contributed by atoms with Gasteiger partial charge in [0.2, 0.25) is 0 Å². The average Bonchev–Trinajstić information content (AvgIpc) is 2.65. The summed E-state index contributed by atoms with van der Waals surface area (Å²) in [5.74, 6) is 0. The molecule has 3 heteroatoms. The maximum absolute atomic E-state index is 3.59. The molecule has 1 aliphatic heterocycles. The third kappa shape index (κ3) is 5.23. The van der Waals surface area contributed by atoms with Crippen molar-refractivity contribution in [1.29, 1.82) is 0 Å². The Balaban J connectivity index is 1.90. The highest BCUT2D eigenvalue weighted by Crippen LogP contribution is 2.12.